The molecule has 9 heteroatoms. The van der Waals surface area contributed by atoms with E-state index < -0.39 is 6.04 Å². The van der Waals surface area contributed by atoms with E-state index in [2.05, 4.69) is 20.1 Å². The van der Waals surface area contributed by atoms with E-state index in [4.69, 9.17) is 4.52 Å². The van der Waals surface area contributed by atoms with E-state index in [-0.39, 0.29) is 18.4 Å². The SMILES string of the molecule is Cc1noc(C2CN(C(=O)c3cnccc3C)CCCN2C(=O)c2cccnc2)n1. The molecule has 2 amide bonds. The summed E-state index contributed by atoms with van der Waals surface area (Å²) >= 11 is 0. The highest BCUT2D eigenvalue weighted by atomic mass is 16.5. The second kappa shape index (κ2) is 8.40. The molecule has 0 N–H and O–H groups in total. The summed E-state index contributed by atoms with van der Waals surface area (Å²) in [6, 6.07) is 4.69. The van der Waals surface area contributed by atoms with Crippen LogP contribution in [0.2, 0.25) is 0 Å². The molecule has 1 fully saturated rings. The first-order valence-corrected chi connectivity index (χ1v) is 9.75. The van der Waals surface area contributed by atoms with Crippen LogP contribution in [0.4, 0.5) is 0 Å². The van der Waals surface area contributed by atoms with Crippen LogP contribution in [0.5, 0.6) is 0 Å². The highest BCUT2D eigenvalue weighted by Gasteiger charge is 2.36. The molecule has 154 valence electrons. The molecular formula is C21H22N6O3. The monoisotopic (exact) mass is 406 g/mol. The predicted molar refractivity (Wildman–Crippen MR) is 107 cm³/mol. The van der Waals surface area contributed by atoms with Gasteiger partial charge in [-0.3, -0.25) is 19.6 Å². The molecule has 0 radical (unpaired) electrons. The van der Waals surface area contributed by atoms with Gasteiger partial charge in [0.2, 0.25) is 0 Å². The van der Waals surface area contributed by atoms with Crippen molar-refractivity contribution in [3.63, 3.8) is 0 Å². The lowest BCUT2D eigenvalue weighted by Crippen LogP contribution is -2.40. The lowest BCUT2D eigenvalue weighted by molar-refractivity contribution is 0.0592. The predicted octanol–water partition coefficient (Wildman–Crippen LogP) is 2.21. The fourth-order valence-electron chi connectivity index (χ4n) is 3.59. The van der Waals surface area contributed by atoms with Gasteiger partial charge in [-0.2, -0.15) is 4.98 Å². The number of hydrogen-bond acceptors (Lipinski definition) is 7. The molecular weight excluding hydrogens is 384 g/mol. The van der Waals surface area contributed by atoms with Gasteiger partial charge in [0.25, 0.3) is 17.7 Å². The maximum absolute atomic E-state index is 13.2. The molecule has 30 heavy (non-hydrogen) atoms. The van der Waals surface area contributed by atoms with E-state index in [1.54, 1.807) is 47.4 Å². The molecule has 1 atom stereocenters. The average molecular weight is 406 g/mol. The van der Waals surface area contributed by atoms with Gasteiger partial charge in [0, 0.05) is 37.9 Å². The van der Waals surface area contributed by atoms with E-state index in [9.17, 15) is 9.59 Å². The van der Waals surface area contributed by atoms with Gasteiger partial charge in [-0.05, 0) is 44.0 Å². The quantitative estimate of drug-likeness (QED) is 0.656. The van der Waals surface area contributed by atoms with Gasteiger partial charge in [-0.1, -0.05) is 5.16 Å². The summed E-state index contributed by atoms with van der Waals surface area (Å²) in [5, 5.41) is 3.88. The lowest BCUT2D eigenvalue weighted by Gasteiger charge is -2.29. The van der Waals surface area contributed by atoms with Gasteiger partial charge >= 0.3 is 0 Å². The van der Waals surface area contributed by atoms with Gasteiger partial charge in [0.15, 0.2) is 5.82 Å². The number of aromatic nitrogens is 4. The standard InChI is InChI=1S/C21H22N6O3/c1-14-6-8-23-12-17(14)21(29)26-9-4-10-27(20(28)16-5-3-7-22-11-16)18(13-26)19-24-15(2)25-30-19/h3,5-8,11-12,18H,4,9-10,13H2,1-2H3. The number of nitrogens with zero attached hydrogens (tertiary/aromatic N) is 6. The molecule has 1 aliphatic heterocycles. The summed E-state index contributed by atoms with van der Waals surface area (Å²) in [5.41, 5.74) is 1.87. The minimum absolute atomic E-state index is 0.127. The molecule has 0 aromatic carbocycles. The highest BCUT2D eigenvalue weighted by molar-refractivity contribution is 5.96. The van der Waals surface area contributed by atoms with Crippen molar-refractivity contribution < 1.29 is 14.1 Å². The van der Waals surface area contributed by atoms with E-state index >= 15 is 0 Å². The van der Waals surface area contributed by atoms with Crippen molar-refractivity contribution in [3.05, 3.63) is 71.4 Å². The summed E-state index contributed by atoms with van der Waals surface area (Å²) < 4.78 is 5.41. The Hall–Kier alpha value is -3.62. The van der Waals surface area contributed by atoms with Gasteiger partial charge in [-0.25, -0.2) is 0 Å². The second-order valence-corrected chi connectivity index (χ2v) is 7.23. The summed E-state index contributed by atoms with van der Waals surface area (Å²) in [4.78, 5) is 42.3. The van der Waals surface area contributed by atoms with Crippen molar-refractivity contribution in [2.75, 3.05) is 19.6 Å². The number of carbonyl (C=O) groups is 2. The first kappa shape index (κ1) is 19.7. The smallest absolute Gasteiger partial charge is 0.256 e. The Morgan fingerprint density at radius 3 is 2.60 bits per heavy atom. The second-order valence-electron chi connectivity index (χ2n) is 7.23. The van der Waals surface area contributed by atoms with Crippen LogP contribution in [-0.2, 0) is 0 Å². The van der Waals surface area contributed by atoms with Crippen LogP contribution in [0.3, 0.4) is 0 Å². The maximum Gasteiger partial charge on any atom is 0.256 e. The van der Waals surface area contributed by atoms with Crippen LogP contribution in [0, 0.1) is 13.8 Å². The van der Waals surface area contributed by atoms with Crippen molar-refractivity contribution in [1.29, 1.82) is 0 Å². The number of hydrogen-bond donors (Lipinski definition) is 0. The molecule has 0 saturated carbocycles. The van der Waals surface area contributed by atoms with Crippen molar-refractivity contribution >= 4 is 11.8 Å². The van der Waals surface area contributed by atoms with E-state index in [1.165, 1.54) is 6.20 Å². The average Bonchev–Trinajstić information content (AvgIpc) is 3.07. The number of pyridine rings is 2. The van der Waals surface area contributed by atoms with Crippen LogP contribution in [0.1, 0.15) is 50.5 Å². The lowest BCUT2D eigenvalue weighted by atomic mass is 10.1. The summed E-state index contributed by atoms with van der Waals surface area (Å²) in [6.45, 7) is 4.81. The molecule has 1 saturated heterocycles. The molecule has 0 spiro atoms. The summed E-state index contributed by atoms with van der Waals surface area (Å²) in [7, 11) is 0. The minimum atomic E-state index is -0.553. The Balaban J connectivity index is 1.67. The molecule has 0 aliphatic carbocycles. The number of aryl methyl sites for hydroxylation is 2. The maximum atomic E-state index is 13.2. The van der Waals surface area contributed by atoms with Crippen LogP contribution >= 0.6 is 0 Å². The third-order valence-electron chi connectivity index (χ3n) is 5.15. The van der Waals surface area contributed by atoms with E-state index in [1.807, 2.05) is 13.0 Å². The normalized spacial score (nSPS) is 16.9. The van der Waals surface area contributed by atoms with Crippen LogP contribution in [-0.4, -0.2) is 61.4 Å². The Kier molecular flexibility index (Phi) is 5.51. The zero-order chi connectivity index (χ0) is 21.1. The van der Waals surface area contributed by atoms with Crippen molar-refractivity contribution in [2.24, 2.45) is 0 Å². The van der Waals surface area contributed by atoms with Crippen molar-refractivity contribution in [1.82, 2.24) is 29.9 Å². The minimum Gasteiger partial charge on any atom is -0.337 e. The molecule has 0 bridgehead atoms. The third-order valence-corrected chi connectivity index (χ3v) is 5.15. The Labute approximate surface area is 173 Å². The largest absolute Gasteiger partial charge is 0.337 e. The van der Waals surface area contributed by atoms with E-state index in [0.29, 0.717) is 42.4 Å². The molecule has 9 nitrogen and oxygen atoms in total. The number of carbonyl (C=O) groups excluding carboxylic acids is 2. The molecule has 4 rings (SSSR count). The molecule has 4 heterocycles. The Morgan fingerprint density at radius 2 is 1.90 bits per heavy atom. The zero-order valence-corrected chi connectivity index (χ0v) is 16.9. The first-order valence-electron chi connectivity index (χ1n) is 9.75. The van der Waals surface area contributed by atoms with Gasteiger partial charge in [0.05, 0.1) is 17.7 Å². The molecule has 1 aliphatic rings. The van der Waals surface area contributed by atoms with Crippen LogP contribution < -0.4 is 0 Å². The van der Waals surface area contributed by atoms with Crippen molar-refractivity contribution in [3.8, 4) is 0 Å². The van der Waals surface area contributed by atoms with Crippen LogP contribution in [0.25, 0.3) is 0 Å². The van der Waals surface area contributed by atoms with Crippen LogP contribution in [0.15, 0.2) is 47.5 Å². The fraction of sp³-hybridized carbons (Fsp3) is 0.333. The topological polar surface area (TPSA) is 105 Å². The third kappa shape index (κ3) is 3.91. The summed E-state index contributed by atoms with van der Waals surface area (Å²) in [5.74, 6) is 0.477. The summed E-state index contributed by atoms with van der Waals surface area (Å²) in [6.07, 6.45) is 7.01. The fourth-order valence-corrected chi connectivity index (χ4v) is 3.59. The first-order chi connectivity index (χ1) is 14.5. The number of rotatable bonds is 3. The van der Waals surface area contributed by atoms with Gasteiger partial charge < -0.3 is 14.3 Å². The number of amides is 2. The molecule has 3 aromatic rings. The molecule has 3 aromatic heterocycles. The molecule has 1 unspecified atom stereocenters. The van der Waals surface area contributed by atoms with Crippen molar-refractivity contribution in [2.45, 2.75) is 26.3 Å². The zero-order valence-electron chi connectivity index (χ0n) is 16.9. The van der Waals surface area contributed by atoms with Gasteiger partial charge in [-0.15, -0.1) is 0 Å². The Bertz CT molecular complexity index is 1050. The van der Waals surface area contributed by atoms with Gasteiger partial charge in [0.1, 0.15) is 6.04 Å². The Morgan fingerprint density at radius 1 is 1.07 bits per heavy atom. The van der Waals surface area contributed by atoms with E-state index in [0.717, 1.165) is 5.56 Å². The highest BCUT2D eigenvalue weighted by Crippen LogP contribution is 2.27.